The molecule has 1 amide bonds. The van der Waals surface area contributed by atoms with Crippen molar-refractivity contribution in [3.05, 3.63) is 34.1 Å². The first-order valence-electron chi connectivity index (χ1n) is 6.84. The number of amides is 1. The van der Waals surface area contributed by atoms with Gasteiger partial charge < -0.3 is 5.32 Å². The van der Waals surface area contributed by atoms with Crippen LogP contribution in [0.25, 0.3) is 0 Å². The smallest absolute Gasteiger partial charge is 0.252 e. The summed E-state index contributed by atoms with van der Waals surface area (Å²) in [6, 6.07) is 4.34. The maximum atomic E-state index is 13.2. The van der Waals surface area contributed by atoms with Crippen LogP contribution in [0.3, 0.4) is 0 Å². The summed E-state index contributed by atoms with van der Waals surface area (Å²) in [7, 11) is 0. The fourth-order valence-corrected chi connectivity index (χ4v) is 2.45. The van der Waals surface area contributed by atoms with Crippen LogP contribution in [0.1, 0.15) is 56.3 Å². The van der Waals surface area contributed by atoms with Gasteiger partial charge in [0.1, 0.15) is 5.82 Å². The second-order valence-corrected chi connectivity index (χ2v) is 5.58. The lowest BCUT2D eigenvalue weighted by atomic mass is 10.0. The van der Waals surface area contributed by atoms with Gasteiger partial charge in [0.05, 0.1) is 5.56 Å². The van der Waals surface area contributed by atoms with Crippen molar-refractivity contribution in [3.63, 3.8) is 0 Å². The zero-order valence-electron chi connectivity index (χ0n) is 11.5. The molecule has 0 aliphatic carbocycles. The number of benzene rings is 1. The van der Waals surface area contributed by atoms with Crippen molar-refractivity contribution in [2.75, 3.05) is 0 Å². The van der Waals surface area contributed by atoms with Crippen LogP contribution in [-0.4, -0.2) is 11.9 Å². The molecule has 4 heteroatoms. The van der Waals surface area contributed by atoms with Crippen molar-refractivity contribution in [2.24, 2.45) is 0 Å². The second-order valence-electron chi connectivity index (χ2n) is 4.73. The van der Waals surface area contributed by atoms with E-state index in [2.05, 4.69) is 35.1 Å². The molecule has 1 unspecified atom stereocenters. The highest BCUT2D eigenvalue weighted by atomic mass is 79.9. The first-order chi connectivity index (χ1) is 9.08. The van der Waals surface area contributed by atoms with E-state index in [1.807, 2.05) is 0 Å². The molecule has 1 rings (SSSR count). The van der Waals surface area contributed by atoms with Crippen LogP contribution >= 0.6 is 15.9 Å². The molecule has 0 saturated heterocycles. The Labute approximate surface area is 122 Å². The maximum Gasteiger partial charge on any atom is 0.252 e. The van der Waals surface area contributed by atoms with Gasteiger partial charge in [-0.2, -0.15) is 0 Å². The molecular formula is C15H21BrFNO. The zero-order chi connectivity index (χ0) is 14.3. The molecule has 0 heterocycles. The molecule has 0 aliphatic heterocycles. The standard InChI is InChI=1S/C15H21BrFNO/c1-3-5-7-12(6-4-2)18-15(19)13-10-11(17)8-9-14(13)16/h8-10,12H,3-7H2,1-2H3,(H,18,19). The van der Waals surface area contributed by atoms with Gasteiger partial charge in [-0.25, -0.2) is 4.39 Å². The molecule has 0 radical (unpaired) electrons. The summed E-state index contributed by atoms with van der Waals surface area (Å²) in [6.07, 6.45) is 5.16. The summed E-state index contributed by atoms with van der Waals surface area (Å²) in [6.45, 7) is 4.23. The van der Waals surface area contributed by atoms with Gasteiger partial charge in [0.2, 0.25) is 0 Å². The van der Waals surface area contributed by atoms with Crippen LogP contribution in [-0.2, 0) is 0 Å². The van der Waals surface area contributed by atoms with Crippen molar-refractivity contribution >= 4 is 21.8 Å². The lowest BCUT2D eigenvalue weighted by molar-refractivity contribution is 0.0931. The number of halogens is 2. The summed E-state index contributed by atoms with van der Waals surface area (Å²) in [5.74, 6) is -0.602. The van der Waals surface area contributed by atoms with Crippen LogP contribution in [0, 0.1) is 5.82 Å². The SMILES string of the molecule is CCCCC(CCC)NC(=O)c1cc(F)ccc1Br. The highest BCUT2D eigenvalue weighted by molar-refractivity contribution is 9.10. The van der Waals surface area contributed by atoms with Gasteiger partial charge in [-0.15, -0.1) is 0 Å². The quantitative estimate of drug-likeness (QED) is 0.773. The normalized spacial score (nSPS) is 12.2. The first kappa shape index (κ1) is 16.2. The average Bonchev–Trinajstić information content (AvgIpc) is 2.39. The van der Waals surface area contributed by atoms with Crippen molar-refractivity contribution in [3.8, 4) is 0 Å². The van der Waals surface area contributed by atoms with Gasteiger partial charge in [0.15, 0.2) is 0 Å². The Morgan fingerprint density at radius 1 is 1.32 bits per heavy atom. The summed E-state index contributed by atoms with van der Waals surface area (Å²) >= 11 is 3.29. The summed E-state index contributed by atoms with van der Waals surface area (Å²) in [5, 5.41) is 3.00. The Bertz CT molecular complexity index is 423. The number of nitrogens with one attached hydrogen (secondary N) is 1. The molecule has 1 aromatic rings. The molecule has 106 valence electrons. The summed E-state index contributed by atoms with van der Waals surface area (Å²) in [4.78, 5) is 12.2. The molecule has 0 fully saturated rings. The zero-order valence-corrected chi connectivity index (χ0v) is 13.1. The van der Waals surface area contributed by atoms with Crippen LogP contribution in [0.4, 0.5) is 4.39 Å². The van der Waals surface area contributed by atoms with Crippen LogP contribution in [0.2, 0.25) is 0 Å². The van der Waals surface area contributed by atoms with Crippen LogP contribution in [0.5, 0.6) is 0 Å². The van der Waals surface area contributed by atoms with Crippen LogP contribution in [0.15, 0.2) is 22.7 Å². The number of carbonyl (C=O) groups is 1. The number of carbonyl (C=O) groups excluding carboxylic acids is 1. The van der Waals surface area contributed by atoms with Gasteiger partial charge >= 0.3 is 0 Å². The molecule has 0 bridgehead atoms. The third-order valence-corrected chi connectivity index (χ3v) is 3.74. The van der Waals surface area contributed by atoms with E-state index in [9.17, 15) is 9.18 Å². The van der Waals surface area contributed by atoms with E-state index in [0.29, 0.717) is 10.0 Å². The molecule has 0 aliphatic rings. The van der Waals surface area contributed by atoms with E-state index < -0.39 is 5.82 Å². The van der Waals surface area contributed by atoms with Crippen molar-refractivity contribution in [1.82, 2.24) is 5.32 Å². The van der Waals surface area contributed by atoms with Gasteiger partial charge in [-0.1, -0.05) is 33.1 Å². The Hall–Kier alpha value is -0.900. The Morgan fingerprint density at radius 2 is 2.05 bits per heavy atom. The highest BCUT2D eigenvalue weighted by Gasteiger charge is 2.15. The predicted molar refractivity (Wildman–Crippen MR) is 79.8 cm³/mol. The van der Waals surface area contributed by atoms with E-state index >= 15 is 0 Å². The minimum Gasteiger partial charge on any atom is -0.349 e. The number of hydrogen-bond donors (Lipinski definition) is 1. The van der Waals surface area contributed by atoms with E-state index in [0.717, 1.165) is 32.1 Å². The average molecular weight is 330 g/mol. The van der Waals surface area contributed by atoms with Crippen molar-refractivity contribution < 1.29 is 9.18 Å². The fraction of sp³-hybridized carbons (Fsp3) is 0.533. The Morgan fingerprint density at radius 3 is 2.68 bits per heavy atom. The Balaban J connectivity index is 2.72. The molecule has 2 nitrogen and oxygen atoms in total. The van der Waals surface area contributed by atoms with Gasteiger partial charge in [-0.05, 0) is 47.0 Å². The molecule has 19 heavy (non-hydrogen) atoms. The third kappa shape index (κ3) is 5.31. The minimum absolute atomic E-state index is 0.174. The summed E-state index contributed by atoms with van der Waals surface area (Å²) < 4.78 is 13.8. The number of hydrogen-bond acceptors (Lipinski definition) is 1. The molecular weight excluding hydrogens is 309 g/mol. The van der Waals surface area contributed by atoms with Crippen molar-refractivity contribution in [2.45, 2.75) is 52.0 Å². The monoisotopic (exact) mass is 329 g/mol. The molecule has 0 aromatic heterocycles. The third-order valence-electron chi connectivity index (χ3n) is 3.05. The molecule has 1 aromatic carbocycles. The predicted octanol–water partition coefficient (Wildman–Crippen LogP) is 4.68. The minimum atomic E-state index is -0.394. The van der Waals surface area contributed by atoms with E-state index in [4.69, 9.17) is 0 Å². The molecule has 0 spiro atoms. The van der Waals surface area contributed by atoms with Crippen LogP contribution < -0.4 is 5.32 Å². The van der Waals surface area contributed by atoms with E-state index in [1.54, 1.807) is 6.07 Å². The number of rotatable bonds is 7. The fourth-order valence-electron chi connectivity index (χ4n) is 2.02. The van der Waals surface area contributed by atoms with E-state index in [-0.39, 0.29) is 11.9 Å². The largest absolute Gasteiger partial charge is 0.349 e. The lowest BCUT2D eigenvalue weighted by Gasteiger charge is -2.18. The topological polar surface area (TPSA) is 29.1 Å². The van der Waals surface area contributed by atoms with E-state index in [1.165, 1.54) is 12.1 Å². The second kappa shape index (κ2) is 8.31. The number of unbranched alkanes of at least 4 members (excludes halogenated alkanes) is 1. The molecule has 0 saturated carbocycles. The summed E-state index contributed by atoms with van der Waals surface area (Å²) in [5.41, 5.74) is 0.359. The van der Waals surface area contributed by atoms with Gasteiger partial charge in [0, 0.05) is 10.5 Å². The highest BCUT2D eigenvalue weighted by Crippen LogP contribution is 2.18. The maximum absolute atomic E-state index is 13.2. The van der Waals surface area contributed by atoms with Gasteiger partial charge in [0.25, 0.3) is 5.91 Å². The van der Waals surface area contributed by atoms with Gasteiger partial charge in [-0.3, -0.25) is 4.79 Å². The molecule has 1 N–H and O–H groups in total. The first-order valence-corrected chi connectivity index (χ1v) is 7.63. The lowest BCUT2D eigenvalue weighted by Crippen LogP contribution is -2.35. The molecule has 1 atom stereocenters. The van der Waals surface area contributed by atoms with Crippen molar-refractivity contribution in [1.29, 1.82) is 0 Å². The Kier molecular flexibility index (Phi) is 7.06.